The molecule has 3 aromatic rings. The molecule has 0 N–H and O–H groups in total. The lowest BCUT2D eigenvalue weighted by atomic mass is 10.0. The van der Waals surface area contributed by atoms with Crippen LogP contribution in [0.25, 0.3) is 10.8 Å². The molecule has 0 aliphatic rings. The van der Waals surface area contributed by atoms with Crippen molar-refractivity contribution < 1.29 is 9.53 Å². The van der Waals surface area contributed by atoms with E-state index >= 15 is 0 Å². The third-order valence-corrected chi connectivity index (χ3v) is 3.74. The highest BCUT2D eigenvalue weighted by Crippen LogP contribution is 2.23. The largest absolute Gasteiger partial charge is 0.497 e. The zero-order valence-corrected chi connectivity index (χ0v) is 11.1. The summed E-state index contributed by atoms with van der Waals surface area (Å²) in [5, 5.41) is 2.08. The Morgan fingerprint density at radius 3 is 2.68 bits per heavy atom. The Hall–Kier alpha value is -2.20. The first kappa shape index (κ1) is 11.9. The number of ether oxygens (including phenoxy) is 1. The lowest BCUT2D eigenvalue weighted by molar-refractivity contribution is 0.104. The Morgan fingerprint density at radius 1 is 1.16 bits per heavy atom. The molecular formula is C15H11NO2S. The van der Waals surface area contributed by atoms with E-state index in [9.17, 15) is 4.79 Å². The average molecular weight is 269 g/mol. The number of fused-ring (bicyclic) bond motifs is 1. The van der Waals surface area contributed by atoms with E-state index in [2.05, 4.69) is 4.98 Å². The maximum atomic E-state index is 12.2. The molecule has 1 aromatic heterocycles. The number of benzene rings is 2. The van der Waals surface area contributed by atoms with Gasteiger partial charge in [-0.15, -0.1) is 11.3 Å². The normalized spacial score (nSPS) is 10.6. The molecule has 4 heteroatoms. The SMILES string of the molecule is COc1ccc2cc(C(=O)c3cncs3)ccc2c1. The summed E-state index contributed by atoms with van der Waals surface area (Å²) >= 11 is 1.36. The molecule has 3 nitrogen and oxygen atoms in total. The minimum Gasteiger partial charge on any atom is -0.497 e. The number of hydrogen-bond donors (Lipinski definition) is 0. The van der Waals surface area contributed by atoms with Crippen LogP contribution in [0.4, 0.5) is 0 Å². The molecule has 0 amide bonds. The molecule has 0 saturated carbocycles. The second-order valence-electron chi connectivity index (χ2n) is 4.12. The predicted molar refractivity (Wildman–Crippen MR) is 76.0 cm³/mol. The van der Waals surface area contributed by atoms with Crippen molar-refractivity contribution in [1.29, 1.82) is 0 Å². The third-order valence-electron chi connectivity index (χ3n) is 2.97. The third kappa shape index (κ3) is 2.22. The van der Waals surface area contributed by atoms with Gasteiger partial charge in [-0.2, -0.15) is 0 Å². The van der Waals surface area contributed by atoms with Gasteiger partial charge in [0.15, 0.2) is 0 Å². The molecular weight excluding hydrogens is 258 g/mol. The molecule has 0 spiro atoms. The van der Waals surface area contributed by atoms with Gasteiger partial charge in [-0.25, -0.2) is 0 Å². The summed E-state index contributed by atoms with van der Waals surface area (Å²) in [7, 11) is 1.64. The maximum absolute atomic E-state index is 12.2. The van der Waals surface area contributed by atoms with Gasteiger partial charge in [0.05, 0.1) is 17.5 Å². The Morgan fingerprint density at radius 2 is 1.95 bits per heavy atom. The number of carbonyl (C=O) groups is 1. The van der Waals surface area contributed by atoms with Gasteiger partial charge in [-0.3, -0.25) is 9.78 Å². The molecule has 0 aliphatic carbocycles. The summed E-state index contributed by atoms with van der Waals surface area (Å²) in [5.74, 6) is 0.828. The van der Waals surface area contributed by atoms with Crippen LogP contribution in [-0.2, 0) is 0 Å². The number of methoxy groups -OCH3 is 1. The van der Waals surface area contributed by atoms with Crippen molar-refractivity contribution in [3.8, 4) is 5.75 Å². The van der Waals surface area contributed by atoms with Crippen LogP contribution in [0.1, 0.15) is 15.2 Å². The second-order valence-corrected chi connectivity index (χ2v) is 5.01. The fraction of sp³-hybridized carbons (Fsp3) is 0.0667. The molecule has 2 aromatic carbocycles. The van der Waals surface area contributed by atoms with Crippen molar-refractivity contribution in [2.45, 2.75) is 0 Å². The van der Waals surface area contributed by atoms with Gasteiger partial charge >= 0.3 is 0 Å². The topological polar surface area (TPSA) is 39.2 Å². The van der Waals surface area contributed by atoms with Gasteiger partial charge in [-0.05, 0) is 29.0 Å². The quantitative estimate of drug-likeness (QED) is 0.683. The number of aromatic nitrogens is 1. The smallest absolute Gasteiger partial charge is 0.204 e. The second kappa shape index (κ2) is 4.82. The zero-order chi connectivity index (χ0) is 13.2. The van der Waals surface area contributed by atoms with Crippen LogP contribution in [0.5, 0.6) is 5.75 Å². The standard InChI is InChI=1S/C15H11NO2S/c1-18-13-5-4-10-6-12(3-2-11(10)7-13)15(17)14-8-16-9-19-14/h2-9H,1H3. The lowest BCUT2D eigenvalue weighted by Gasteiger charge is -2.04. The van der Waals surface area contributed by atoms with Crippen molar-refractivity contribution in [1.82, 2.24) is 4.98 Å². The van der Waals surface area contributed by atoms with Crippen molar-refractivity contribution in [2.75, 3.05) is 7.11 Å². The molecule has 94 valence electrons. The average Bonchev–Trinajstić information content (AvgIpc) is 2.99. The number of ketones is 1. The number of rotatable bonds is 3. The molecule has 0 aliphatic heterocycles. The van der Waals surface area contributed by atoms with Gasteiger partial charge in [0, 0.05) is 11.8 Å². The Balaban J connectivity index is 2.05. The highest BCUT2D eigenvalue weighted by Gasteiger charge is 2.11. The first-order valence-corrected chi connectivity index (χ1v) is 6.67. The summed E-state index contributed by atoms with van der Waals surface area (Å²) in [6.45, 7) is 0. The van der Waals surface area contributed by atoms with Crippen LogP contribution in [-0.4, -0.2) is 17.9 Å². The number of carbonyl (C=O) groups excluding carboxylic acids is 1. The predicted octanol–water partition coefficient (Wildman–Crippen LogP) is 3.54. The van der Waals surface area contributed by atoms with Crippen LogP contribution >= 0.6 is 11.3 Å². The van der Waals surface area contributed by atoms with Gasteiger partial charge in [0.2, 0.25) is 5.78 Å². The van der Waals surface area contributed by atoms with Crippen molar-refractivity contribution in [3.05, 3.63) is 58.5 Å². The van der Waals surface area contributed by atoms with Crippen LogP contribution in [0.15, 0.2) is 48.1 Å². The summed E-state index contributed by atoms with van der Waals surface area (Å²) in [6.07, 6.45) is 1.60. The first-order valence-electron chi connectivity index (χ1n) is 5.79. The van der Waals surface area contributed by atoms with Crippen molar-refractivity contribution >= 4 is 27.9 Å². The first-order chi connectivity index (χ1) is 9.28. The molecule has 3 rings (SSSR count). The summed E-state index contributed by atoms with van der Waals surface area (Å²) in [6, 6.07) is 11.5. The van der Waals surface area contributed by atoms with Gasteiger partial charge < -0.3 is 4.74 Å². The van der Waals surface area contributed by atoms with Gasteiger partial charge in [0.25, 0.3) is 0 Å². The van der Waals surface area contributed by atoms with Crippen molar-refractivity contribution in [2.24, 2.45) is 0 Å². The highest BCUT2D eigenvalue weighted by atomic mass is 32.1. The summed E-state index contributed by atoms with van der Waals surface area (Å²) < 4.78 is 5.19. The Labute approximate surface area is 114 Å². The Bertz CT molecular complexity index is 735. The highest BCUT2D eigenvalue weighted by molar-refractivity contribution is 7.11. The molecule has 0 bridgehead atoms. The molecule has 19 heavy (non-hydrogen) atoms. The summed E-state index contributed by atoms with van der Waals surface area (Å²) in [4.78, 5) is 16.8. The summed E-state index contributed by atoms with van der Waals surface area (Å²) in [5.41, 5.74) is 2.35. The van der Waals surface area contributed by atoms with Gasteiger partial charge in [0.1, 0.15) is 5.75 Å². The molecule has 0 radical (unpaired) electrons. The molecule has 1 heterocycles. The van der Waals surface area contributed by atoms with E-state index in [0.29, 0.717) is 10.4 Å². The van der Waals surface area contributed by atoms with E-state index in [1.165, 1.54) is 11.3 Å². The fourth-order valence-corrected chi connectivity index (χ4v) is 2.54. The minimum atomic E-state index is 0.0141. The van der Waals surface area contributed by atoms with Crippen molar-refractivity contribution in [3.63, 3.8) is 0 Å². The zero-order valence-electron chi connectivity index (χ0n) is 10.3. The number of hydrogen-bond acceptors (Lipinski definition) is 4. The van der Waals surface area contributed by atoms with E-state index in [4.69, 9.17) is 4.74 Å². The van der Waals surface area contributed by atoms with E-state index < -0.39 is 0 Å². The van der Waals surface area contributed by atoms with Crippen LogP contribution in [0.2, 0.25) is 0 Å². The fourth-order valence-electron chi connectivity index (χ4n) is 1.96. The number of nitrogens with zero attached hydrogens (tertiary/aromatic N) is 1. The Kier molecular flexibility index (Phi) is 3.01. The van der Waals surface area contributed by atoms with Gasteiger partial charge in [-0.1, -0.05) is 18.2 Å². The van der Waals surface area contributed by atoms with Crippen LogP contribution < -0.4 is 4.74 Å². The molecule has 0 fully saturated rings. The molecule has 0 unspecified atom stereocenters. The van der Waals surface area contributed by atoms with E-state index in [0.717, 1.165) is 16.5 Å². The van der Waals surface area contributed by atoms with E-state index in [-0.39, 0.29) is 5.78 Å². The van der Waals surface area contributed by atoms with E-state index in [1.54, 1.807) is 18.8 Å². The number of thiazole rings is 1. The lowest BCUT2D eigenvalue weighted by Crippen LogP contribution is -1.98. The molecule has 0 saturated heterocycles. The minimum absolute atomic E-state index is 0.0141. The van der Waals surface area contributed by atoms with Crippen LogP contribution in [0.3, 0.4) is 0 Å². The molecule has 0 atom stereocenters. The maximum Gasteiger partial charge on any atom is 0.204 e. The van der Waals surface area contributed by atoms with Crippen LogP contribution in [0, 0.1) is 0 Å². The monoisotopic (exact) mass is 269 g/mol. The van der Waals surface area contributed by atoms with E-state index in [1.807, 2.05) is 36.4 Å².